The average molecular weight is 316 g/mol. The highest BCUT2D eigenvalue weighted by Crippen LogP contribution is 2.70. The van der Waals surface area contributed by atoms with E-state index in [9.17, 15) is 4.79 Å². The first-order valence-electron chi connectivity index (χ1n) is 10.3. The summed E-state index contributed by atoms with van der Waals surface area (Å²) in [7, 11) is 0. The van der Waals surface area contributed by atoms with Crippen molar-refractivity contribution in [3.63, 3.8) is 0 Å². The fraction of sp³-hybridized carbons (Fsp3) is 0.952. The summed E-state index contributed by atoms with van der Waals surface area (Å²) in [5, 5.41) is 0. The largest absolute Gasteiger partial charge is 0.459 e. The van der Waals surface area contributed by atoms with Crippen molar-refractivity contribution in [2.24, 2.45) is 47.3 Å². The molecule has 0 N–H and O–H groups in total. The third-order valence-electron chi connectivity index (χ3n) is 8.93. The molecule has 5 rings (SSSR count). The van der Waals surface area contributed by atoms with Crippen LogP contribution in [-0.4, -0.2) is 11.6 Å². The quantitative estimate of drug-likeness (QED) is 0.551. The molecule has 5 saturated carbocycles. The van der Waals surface area contributed by atoms with Gasteiger partial charge in [-0.1, -0.05) is 13.8 Å². The predicted octanol–water partition coefficient (Wildman–Crippen LogP) is 4.82. The molecule has 5 fully saturated rings. The minimum atomic E-state index is -0.0957. The van der Waals surface area contributed by atoms with E-state index in [-0.39, 0.29) is 17.5 Å². The Morgan fingerprint density at radius 1 is 1.00 bits per heavy atom. The molecule has 0 aromatic heterocycles. The third kappa shape index (κ3) is 1.96. The lowest BCUT2D eigenvalue weighted by atomic mass is 9.65. The molecule has 0 spiro atoms. The zero-order valence-corrected chi connectivity index (χ0v) is 14.8. The standard InChI is InChI=1S/C21H32O2/c1-3-21(6-4-5-7-21)23-20(22)17-11-14-10-16(17)19-13-8-12(2)15(9-13)18(14)19/h12-19H,3-11H2,1-2H3. The van der Waals surface area contributed by atoms with Crippen LogP contribution in [0.5, 0.6) is 0 Å². The first kappa shape index (κ1) is 14.8. The van der Waals surface area contributed by atoms with Crippen molar-refractivity contribution in [2.75, 3.05) is 0 Å². The molecule has 4 bridgehead atoms. The molecular formula is C21H32O2. The summed E-state index contributed by atoms with van der Waals surface area (Å²) < 4.78 is 6.20. The van der Waals surface area contributed by atoms with Crippen LogP contribution in [-0.2, 0) is 9.53 Å². The van der Waals surface area contributed by atoms with Gasteiger partial charge < -0.3 is 4.74 Å². The second-order valence-corrected chi connectivity index (χ2v) is 9.69. The van der Waals surface area contributed by atoms with Crippen LogP contribution in [0, 0.1) is 47.3 Å². The summed E-state index contributed by atoms with van der Waals surface area (Å²) in [6.45, 7) is 4.68. The van der Waals surface area contributed by atoms with Gasteiger partial charge in [-0.05, 0) is 99.2 Å². The molecule has 0 aromatic rings. The highest BCUT2D eigenvalue weighted by molar-refractivity contribution is 5.74. The van der Waals surface area contributed by atoms with Crippen molar-refractivity contribution in [1.82, 2.24) is 0 Å². The van der Waals surface area contributed by atoms with Crippen molar-refractivity contribution in [3.8, 4) is 0 Å². The number of carbonyl (C=O) groups is 1. The number of carbonyl (C=O) groups excluding carboxylic acids is 1. The van der Waals surface area contributed by atoms with Gasteiger partial charge in [0.05, 0.1) is 5.92 Å². The Bertz CT molecular complexity index is 506. The zero-order valence-electron chi connectivity index (χ0n) is 14.8. The van der Waals surface area contributed by atoms with Gasteiger partial charge in [0.25, 0.3) is 0 Å². The van der Waals surface area contributed by atoms with Gasteiger partial charge in [-0.25, -0.2) is 0 Å². The Balaban J connectivity index is 1.32. The van der Waals surface area contributed by atoms with E-state index in [1.807, 2.05) is 0 Å². The van der Waals surface area contributed by atoms with Gasteiger partial charge in [0.1, 0.15) is 5.60 Å². The summed E-state index contributed by atoms with van der Waals surface area (Å²) in [5.74, 6) is 6.71. The van der Waals surface area contributed by atoms with Crippen LogP contribution in [0.25, 0.3) is 0 Å². The Morgan fingerprint density at radius 3 is 2.39 bits per heavy atom. The zero-order chi connectivity index (χ0) is 15.8. The van der Waals surface area contributed by atoms with E-state index >= 15 is 0 Å². The van der Waals surface area contributed by atoms with E-state index in [1.54, 1.807) is 0 Å². The maximum atomic E-state index is 13.0. The maximum Gasteiger partial charge on any atom is 0.309 e. The molecule has 2 nitrogen and oxygen atoms in total. The highest BCUT2D eigenvalue weighted by Gasteiger charge is 2.65. The lowest BCUT2D eigenvalue weighted by Crippen LogP contribution is -2.41. The second-order valence-electron chi connectivity index (χ2n) is 9.69. The maximum absolute atomic E-state index is 13.0. The van der Waals surface area contributed by atoms with Gasteiger partial charge in [0.15, 0.2) is 0 Å². The van der Waals surface area contributed by atoms with Crippen LogP contribution in [0.2, 0.25) is 0 Å². The van der Waals surface area contributed by atoms with Crippen molar-refractivity contribution < 1.29 is 9.53 Å². The van der Waals surface area contributed by atoms with Crippen LogP contribution >= 0.6 is 0 Å². The number of hydrogen-bond acceptors (Lipinski definition) is 2. The topological polar surface area (TPSA) is 26.3 Å². The molecular weight excluding hydrogens is 284 g/mol. The van der Waals surface area contributed by atoms with Gasteiger partial charge in [-0.2, -0.15) is 0 Å². The summed E-state index contributed by atoms with van der Waals surface area (Å²) in [5.41, 5.74) is -0.0957. The van der Waals surface area contributed by atoms with Gasteiger partial charge in [-0.3, -0.25) is 4.79 Å². The number of ether oxygens (including phenoxy) is 1. The van der Waals surface area contributed by atoms with Gasteiger partial charge >= 0.3 is 5.97 Å². The number of esters is 1. The molecule has 5 aliphatic rings. The fourth-order valence-electron chi connectivity index (χ4n) is 8.04. The van der Waals surface area contributed by atoms with Crippen LogP contribution in [0.1, 0.15) is 71.6 Å². The third-order valence-corrected chi connectivity index (χ3v) is 8.93. The molecule has 5 aliphatic carbocycles. The van der Waals surface area contributed by atoms with E-state index in [0.29, 0.717) is 5.92 Å². The first-order valence-corrected chi connectivity index (χ1v) is 10.3. The van der Waals surface area contributed by atoms with E-state index in [4.69, 9.17) is 4.74 Å². The molecule has 0 amide bonds. The summed E-state index contributed by atoms with van der Waals surface area (Å²) in [6, 6.07) is 0. The van der Waals surface area contributed by atoms with Crippen LogP contribution in [0.3, 0.4) is 0 Å². The molecule has 0 radical (unpaired) electrons. The first-order chi connectivity index (χ1) is 11.1. The van der Waals surface area contributed by atoms with E-state index in [1.165, 1.54) is 32.1 Å². The summed E-state index contributed by atoms with van der Waals surface area (Å²) >= 11 is 0. The minimum Gasteiger partial charge on any atom is -0.459 e. The lowest BCUT2D eigenvalue weighted by molar-refractivity contribution is -0.168. The fourth-order valence-corrected chi connectivity index (χ4v) is 8.04. The highest BCUT2D eigenvalue weighted by atomic mass is 16.6. The monoisotopic (exact) mass is 316 g/mol. The van der Waals surface area contributed by atoms with Crippen LogP contribution in [0.4, 0.5) is 0 Å². The van der Waals surface area contributed by atoms with Crippen molar-refractivity contribution in [1.29, 1.82) is 0 Å². The molecule has 8 unspecified atom stereocenters. The second kappa shape index (κ2) is 4.99. The number of fused-ring (bicyclic) bond motifs is 9. The molecule has 23 heavy (non-hydrogen) atoms. The Hall–Kier alpha value is -0.530. The summed E-state index contributed by atoms with van der Waals surface area (Å²) in [6.07, 6.45) is 11.1. The van der Waals surface area contributed by atoms with E-state index in [2.05, 4.69) is 13.8 Å². The van der Waals surface area contributed by atoms with Crippen molar-refractivity contribution >= 4 is 5.97 Å². The SMILES string of the molecule is CCC1(OC(=O)C2CC3CC2C2C4CC(C)C(C4)C32)CCCC1. The Kier molecular flexibility index (Phi) is 3.21. The average Bonchev–Trinajstić information content (AvgIpc) is 3.31. The van der Waals surface area contributed by atoms with Gasteiger partial charge in [0, 0.05) is 0 Å². The minimum absolute atomic E-state index is 0.0957. The van der Waals surface area contributed by atoms with Gasteiger partial charge in [0.2, 0.25) is 0 Å². The van der Waals surface area contributed by atoms with Gasteiger partial charge in [-0.15, -0.1) is 0 Å². The molecule has 2 heteroatoms. The summed E-state index contributed by atoms with van der Waals surface area (Å²) in [4.78, 5) is 13.0. The van der Waals surface area contributed by atoms with Crippen molar-refractivity contribution in [2.45, 2.75) is 77.2 Å². The smallest absolute Gasteiger partial charge is 0.309 e. The van der Waals surface area contributed by atoms with E-state index in [0.717, 1.165) is 61.2 Å². The van der Waals surface area contributed by atoms with Crippen LogP contribution < -0.4 is 0 Å². The Morgan fingerprint density at radius 2 is 1.65 bits per heavy atom. The molecule has 0 aliphatic heterocycles. The van der Waals surface area contributed by atoms with E-state index < -0.39 is 0 Å². The molecule has 8 atom stereocenters. The number of hydrogen-bond donors (Lipinski definition) is 0. The molecule has 0 saturated heterocycles. The van der Waals surface area contributed by atoms with Crippen LogP contribution in [0.15, 0.2) is 0 Å². The number of rotatable bonds is 3. The van der Waals surface area contributed by atoms with Crippen molar-refractivity contribution in [3.05, 3.63) is 0 Å². The molecule has 128 valence electrons. The molecule has 0 aromatic carbocycles. The lowest BCUT2D eigenvalue weighted by Gasteiger charge is -2.41. The Labute approximate surface area is 140 Å². The predicted molar refractivity (Wildman–Crippen MR) is 89.6 cm³/mol. The molecule has 0 heterocycles. The normalized spacial score (nSPS) is 52.1.